The van der Waals surface area contributed by atoms with Crippen LogP contribution in [0.2, 0.25) is 0 Å². The third-order valence-corrected chi connectivity index (χ3v) is 3.82. The van der Waals surface area contributed by atoms with Gasteiger partial charge in [-0.25, -0.2) is 0 Å². The second-order valence-electron chi connectivity index (χ2n) is 5.51. The Balaban J connectivity index is 1.93. The molecule has 1 nitrogen and oxygen atoms in total. The van der Waals surface area contributed by atoms with Gasteiger partial charge in [0.1, 0.15) is 0 Å². The van der Waals surface area contributed by atoms with Gasteiger partial charge in [-0.3, -0.25) is 4.90 Å². The third-order valence-electron chi connectivity index (χ3n) is 3.33. The Morgan fingerprint density at radius 1 is 1.35 bits per heavy atom. The summed E-state index contributed by atoms with van der Waals surface area (Å²) in [6.07, 6.45) is 4.10. The van der Waals surface area contributed by atoms with Crippen LogP contribution in [0.5, 0.6) is 0 Å². The Hall–Kier alpha value is -0.340. The summed E-state index contributed by atoms with van der Waals surface area (Å²) in [6.45, 7) is 6.97. The van der Waals surface area contributed by atoms with Crippen LogP contribution in [-0.4, -0.2) is 17.5 Å². The molecule has 0 radical (unpaired) electrons. The molecular formula is C15H22BrN. The maximum absolute atomic E-state index is 3.55. The molecule has 1 aliphatic rings. The van der Waals surface area contributed by atoms with Gasteiger partial charge < -0.3 is 0 Å². The highest BCUT2D eigenvalue weighted by Crippen LogP contribution is 2.29. The van der Waals surface area contributed by atoms with Crippen molar-refractivity contribution in [3.05, 3.63) is 34.3 Å². The number of nitrogens with zero attached hydrogens (tertiary/aromatic N) is 1. The van der Waals surface area contributed by atoms with Crippen molar-refractivity contribution >= 4 is 15.9 Å². The summed E-state index contributed by atoms with van der Waals surface area (Å²) in [4.78, 5) is 2.65. The molecule has 0 aromatic heterocycles. The maximum Gasteiger partial charge on any atom is 0.0237 e. The summed E-state index contributed by atoms with van der Waals surface area (Å²) in [5, 5.41) is 0. The third kappa shape index (κ3) is 4.44. The molecule has 1 fully saturated rings. The van der Waals surface area contributed by atoms with Gasteiger partial charge in [0.2, 0.25) is 0 Å². The Morgan fingerprint density at radius 2 is 2.12 bits per heavy atom. The smallest absolute Gasteiger partial charge is 0.0237 e. The number of hydrogen-bond acceptors (Lipinski definition) is 1. The van der Waals surface area contributed by atoms with Crippen LogP contribution < -0.4 is 0 Å². The quantitative estimate of drug-likeness (QED) is 0.749. The van der Waals surface area contributed by atoms with Crippen LogP contribution in [0.3, 0.4) is 0 Å². The minimum atomic E-state index is 0.804. The highest BCUT2D eigenvalue weighted by molar-refractivity contribution is 9.10. The molecule has 0 aliphatic heterocycles. The average molecular weight is 296 g/mol. The van der Waals surface area contributed by atoms with Gasteiger partial charge in [-0.2, -0.15) is 0 Å². The highest BCUT2D eigenvalue weighted by Gasteiger charge is 2.28. The molecule has 17 heavy (non-hydrogen) atoms. The van der Waals surface area contributed by atoms with Crippen LogP contribution in [-0.2, 0) is 6.54 Å². The van der Waals surface area contributed by atoms with Crippen LogP contribution in [0.25, 0.3) is 0 Å². The number of halogens is 1. The number of hydrogen-bond donors (Lipinski definition) is 0. The molecule has 1 aromatic carbocycles. The van der Waals surface area contributed by atoms with Gasteiger partial charge in [-0.05, 0) is 49.4 Å². The summed E-state index contributed by atoms with van der Waals surface area (Å²) < 4.78 is 1.19. The first-order valence-electron chi connectivity index (χ1n) is 6.63. The van der Waals surface area contributed by atoms with E-state index in [-0.39, 0.29) is 0 Å². The summed E-state index contributed by atoms with van der Waals surface area (Å²) in [5.41, 5.74) is 1.43. The van der Waals surface area contributed by atoms with Crippen molar-refractivity contribution in [1.29, 1.82) is 0 Å². The lowest BCUT2D eigenvalue weighted by molar-refractivity contribution is 0.239. The van der Waals surface area contributed by atoms with E-state index in [4.69, 9.17) is 0 Å². The van der Waals surface area contributed by atoms with Crippen molar-refractivity contribution in [2.45, 2.75) is 45.7 Å². The second kappa shape index (κ2) is 6.01. The van der Waals surface area contributed by atoms with E-state index >= 15 is 0 Å². The predicted octanol–water partition coefficient (Wildman–Crippen LogP) is 4.46. The van der Waals surface area contributed by atoms with Crippen LogP contribution in [0.1, 0.15) is 38.7 Å². The molecule has 0 bridgehead atoms. The van der Waals surface area contributed by atoms with E-state index in [1.807, 2.05) is 0 Å². The lowest BCUT2D eigenvalue weighted by Gasteiger charge is -2.23. The zero-order chi connectivity index (χ0) is 12.3. The SMILES string of the molecule is CC(C)CCN(Cc1cccc(Br)c1)C1CC1. The Labute approximate surface area is 113 Å². The van der Waals surface area contributed by atoms with Gasteiger partial charge in [0, 0.05) is 17.1 Å². The molecule has 94 valence electrons. The molecule has 1 aliphatic carbocycles. The van der Waals surface area contributed by atoms with Crippen molar-refractivity contribution in [1.82, 2.24) is 4.90 Å². The number of rotatable bonds is 6. The van der Waals surface area contributed by atoms with E-state index in [2.05, 4.69) is 58.9 Å². The Morgan fingerprint density at radius 3 is 2.71 bits per heavy atom. The van der Waals surface area contributed by atoms with Crippen LogP contribution in [0.4, 0.5) is 0 Å². The first kappa shape index (κ1) is 13.1. The van der Waals surface area contributed by atoms with Crippen LogP contribution in [0.15, 0.2) is 28.7 Å². The molecule has 0 unspecified atom stereocenters. The van der Waals surface area contributed by atoms with Crippen molar-refractivity contribution in [2.75, 3.05) is 6.54 Å². The van der Waals surface area contributed by atoms with Crippen molar-refractivity contribution in [2.24, 2.45) is 5.92 Å². The van der Waals surface area contributed by atoms with Crippen molar-refractivity contribution in [3.8, 4) is 0 Å². The summed E-state index contributed by atoms with van der Waals surface area (Å²) >= 11 is 3.55. The molecule has 1 saturated carbocycles. The molecule has 1 aromatic rings. The number of benzene rings is 1. The van der Waals surface area contributed by atoms with Crippen LogP contribution >= 0.6 is 15.9 Å². The van der Waals surface area contributed by atoms with Gasteiger partial charge in [0.25, 0.3) is 0 Å². The van der Waals surface area contributed by atoms with E-state index in [9.17, 15) is 0 Å². The molecule has 0 N–H and O–H groups in total. The summed E-state index contributed by atoms with van der Waals surface area (Å²) in [6, 6.07) is 9.56. The lowest BCUT2D eigenvalue weighted by atomic mass is 10.1. The minimum Gasteiger partial charge on any atom is -0.296 e. The van der Waals surface area contributed by atoms with E-state index in [0.717, 1.165) is 18.5 Å². The van der Waals surface area contributed by atoms with E-state index in [0.29, 0.717) is 0 Å². The van der Waals surface area contributed by atoms with Crippen molar-refractivity contribution in [3.63, 3.8) is 0 Å². The topological polar surface area (TPSA) is 3.24 Å². The molecule has 0 amide bonds. The maximum atomic E-state index is 3.55. The summed E-state index contributed by atoms with van der Waals surface area (Å²) in [7, 11) is 0. The predicted molar refractivity (Wildman–Crippen MR) is 77.0 cm³/mol. The van der Waals surface area contributed by atoms with Gasteiger partial charge in [0.05, 0.1) is 0 Å². The van der Waals surface area contributed by atoms with Gasteiger partial charge >= 0.3 is 0 Å². The van der Waals surface area contributed by atoms with E-state index in [1.165, 1.54) is 35.8 Å². The first-order valence-corrected chi connectivity index (χ1v) is 7.43. The highest BCUT2D eigenvalue weighted by atomic mass is 79.9. The fourth-order valence-corrected chi connectivity index (χ4v) is 2.57. The van der Waals surface area contributed by atoms with Gasteiger partial charge in [-0.15, -0.1) is 0 Å². The monoisotopic (exact) mass is 295 g/mol. The normalized spacial score (nSPS) is 15.8. The van der Waals surface area contributed by atoms with Crippen LogP contribution in [0, 0.1) is 5.92 Å². The zero-order valence-corrected chi connectivity index (χ0v) is 12.4. The van der Waals surface area contributed by atoms with Gasteiger partial charge in [0.15, 0.2) is 0 Å². The summed E-state index contributed by atoms with van der Waals surface area (Å²) in [5.74, 6) is 0.804. The molecule has 2 heteroatoms. The standard InChI is InChI=1S/C15H22BrN/c1-12(2)8-9-17(15-6-7-15)11-13-4-3-5-14(16)10-13/h3-5,10,12,15H,6-9,11H2,1-2H3. The molecular weight excluding hydrogens is 274 g/mol. The minimum absolute atomic E-state index is 0.804. The van der Waals surface area contributed by atoms with E-state index in [1.54, 1.807) is 0 Å². The molecule has 0 saturated heterocycles. The zero-order valence-electron chi connectivity index (χ0n) is 10.8. The van der Waals surface area contributed by atoms with Crippen molar-refractivity contribution < 1.29 is 0 Å². The molecule has 2 rings (SSSR count). The second-order valence-corrected chi connectivity index (χ2v) is 6.43. The average Bonchev–Trinajstić information content (AvgIpc) is 3.07. The largest absolute Gasteiger partial charge is 0.296 e. The van der Waals surface area contributed by atoms with Gasteiger partial charge in [-0.1, -0.05) is 41.9 Å². The fourth-order valence-electron chi connectivity index (χ4n) is 2.12. The molecule has 0 heterocycles. The first-order chi connectivity index (χ1) is 8.15. The van der Waals surface area contributed by atoms with E-state index < -0.39 is 0 Å². The fraction of sp³-hybridized carbons (Fsp3) is 0.600. The Kier molecular flexibility index (Phi) is 4.63. The molecule has 0 atom stereocenters. The Bertz CT molecular complexity index is 358. The molecule has 0 spiro atoms. The lowest BCUT2D eigenvalue weighted by Crippen LogP contribution is -2.27.